The average molecular weight is 403 g/mol. The van der Waals surface area contributed by atoms with Crippen molar-refractivity contribution in [1.82, 2.24) is 19.8 Å². The van der Waals surface area contributed by atoms with Gasteiger partial charge in [-0.2, -0.15) is 0 Å². The monoisotopic (exact) mass is 402 g/mol. The fraction of sp³-hybridized carbons (Fsp3) is 0.571. The van der Waals surface area contributed by atoms with Gasteiger partial charge >= 0.3 is 0 Å². The molecule has 2 aromatic rings. The van der Waals surface area contributed by atoms with Gasteiger partial charge in [-0.1, -0.05) is 50.1 Å². The molecule has 7 heteroatoms. The fourth-order valence-electron chi connectivity index (χ4n) is 3.12. The Kier molecular flexibility index (Phi) is 7.36. The lowest BCUT2D eigenvalue weighted by molar-refractivity contribution is -0.132. The van der Waals surface area contributed by atoms with E-state index in [4.69, 9.17) is 4.98 Å². The molecule has 2 amide bonds. The van der Waals surface area contributed by atoms with Crippen molar-refractivity contribution in [3.63, 3.8) is 0 Å². The first-order valence-electron chi connectivity index (χ1n) is 10.2. The average Bonchev–Trinajstić information content (AvgIpc) is 3.42. The Hall–Kier alpha value is -2.02. The van der Waals surface area contributed by atoms with E-state index < -0.39 is 0 Å². The van der Waals surface area contributed by atoms with Crippen LogP contribution in [0.5, 0.6) is 0 Å². The van der Waals surface area contributed by atoms with E-state index in [1.807, 2.05) is 18.2 Å². The zero-order valence-electron chi connectivity index (χ0n) is 16.8. The third-order valence-corrected chi connectivity index (χ3v) is 5.89. The molecule has 1 N–H and O–H groups in total. The number of rotatable bonds is 11. The summed E-state index contributed by atoms with van der Waals surface area (Å²) in [5, 5.41) is 3.79. The van der Waals surface area contributed by atoms with Crippen LogP contribution < -0.4 is 5.32 Å². The Bertz CT molecular complexity index is 816. The number of thioether (sulfide) groups is 1. The van der Waals surface area contributed by atoms with Crippen LogP contribution in [0.2, 0.25) is 0 Å². The van der Waals surface area contributed by atoms with Crippen LogP contribution in [0.25, 0.3) is 11.0 Å². The third-order valence-electron chi connectivity index (χ3n) is 4.93. The Morgan fingerprint density at radius 3 is 2.79 bits per heavy atom. The van der Waals surface area contributed by atoms with E-state index in [0.29, 0.717) is 6.04 Å². The van der Waals surface area contributed by atoms with Crippen molar-refractivity contribution in [1.29, 1.82) is 0 Å². The first-order valence-corrected chi connectivity index (χ1v) is 11.2. The number of hydrogen-bond donors (Lipinski definition) is 1. The normalized spacial score (nSPS) is 13.6. The van der Waals surface area contributed by atoms with Gasteiger partial charge in [0, 0.05) is 19.6 Å². The fourth-order valence-corrected chi connectivity index (χ4v) is 4.10. The molecule has 0 bridgehead atoms. The van der Waals surface area contributed by atoms with Gasteiger partial charge in [-0.3, -0.25) is 9.59 Å². The predicted molar refractivity (Wildman–Crippen MR) is 113 cm³/mol. The first-order chi connectivity index (χ1) is 13.6. The van der Waals surface area contributed by atoms with Gasteiger partial charge in [-0.05, 0) is 31.4 Å². The topological polar surface area (TPSA) is 67.2 Å². The maximum Gasteiger partial charge on any atom is 0.239 e. The Labute approximate surface area is 171 Å². The Morgan fingerprint density at radius 2 is 2.04 bits per heavy atom. The summed E-state index contributed by atoms with van der Waals surface area (Å²) in [4.78, 5) is 30.6. The lowest BCUT2D eigenvalue weighted by atomic mass is 10.2. The number of aromatic nitrogens is 2. The van der Waals surface area contributed by atoms with Crippen LogP contribution in [-0.4, -0.2) is 51.7 Å². The minimum Gasteiger partial charge on any atom is -0.352 e. The maximum atomic E-state index is 12.5. The van der Waals surface area contributed by atoms with Crippen LogP contribution >= 0.6 is 11.8 Å². The molecule has 1 heterocycles. The van der Waals surface area contributed by atoms with Gasteiger partial charge in [0.1, 0.15) is 0 Å². The summed E-state index contributed by atoms with van der Waals surface area (Å²) in [5.41, 5.74) is 2.08. The molecule has 0 aliphatic heterocycles. The Morgan fingerprint density at radius 1 is 1.25 bits per heavy atom. The molecule has 1 aromatic carbocycles. The molecule has 1 saturated carbocycles. The standard InChI is InChI=1S/C21H30N4O2S/c1-3-4-5-8-13-25-18-10-7-6-9-17(18)23-21(25)28-15-20(27)24(2)14-19(26)22-16-11-12-16/h6-7,9-10,16H,3-5,8,11-15H2,1-2H3,(H,22,26). The highest BCUT2D eigenvalue weighted by Gasteiger charge is 2.24. The van der Waals surface area contributed by atoms with Gasteiger partial charge in [0.2, 0.25) is 11.8 Å². The number of nitrogens with zero attached hydrogens (tertiary/aromatic N) is 3. The van der Waals surface area contributed by atoms with Crippen LogP contribution in [0.15, 0.2) is 29.4 Å². The smallest absolute Gasteiger partial charge is 0.239 e. The maximum absolute atomic E-state index is 12.5. The minimum atomic E-state index is -0.0773. The highest BCUT2D eigenvalue weighted by molar-refractivity contribution is 7.99. The molecule has 1 aromatic heterocycles. The molecule has 0 unspecified atom stereocenters. The summed E-state index contributed by atoms with van der Waals surface area (Å²) in [7, 11) is 1.68. The number of aryl methyl sites for hydroxylation is 1. The molecular weight excluding hydrogens is 372 g/mol. The van der Waals surface area contributed by atoms with Gasteiger partial charge in [-0.25, -0.2) is 4.98 Å². The molecule has 3 rings (SSSR count). The van der Waals surface area contributed by atoms with Crippen LogP contribution in [0, 0.1) is 0 Å². The zero-order valence-corrected chi connectivity index (χ0v) is 17.6. The lowest BCUT2D eigenvalue weighted by Crippen LogP contribution is -2.39. The summed E-state index contributed by atoms with van der Waals surface area (Å²) < 4.78 is 2.22. The molecule has 0 saturated heterocycles. The molecule has 1 aliphatic rings. The summed E-state index contributed by atoms with van der Waals surface area (Å²) in [6, 6.07) is 8.43. The Balaban J connectivity index is 1.58. The predicted octanol–water partition coefficient (Wildman–Crippen LogP) is 3.45. The molecular formula is C21H30N4O2S. The number of benzene rings is 1. The molecule has 6 nitrogen and oxygen atoms in total. The second-order valence-electron chi connectivity index (χ2n) is 7.48. The van der Waals surface area contributed by atoms with Crippen molar-refractivity contribution >= 4 is 34.6 Å². The van der Waals surface area contributed by atoms with E-state index in [2.05, 4.69) is 22.9 Å². The van der Waals surface area contributed by atoms with E-state index in [1.54, 1.807) is 7.05 Å². The number of likely N-dealkylation sites (N-methyl/N-ethyl adjacent to an activating group) is 1. The molecule has 0 spiro atoms. The molecule has 1 fully saturated rings. The number of imidazole rings is 1. The number of carbonyl (C=O) groups excluding carboxylic acids is 2. The van der Waals surface area contributed by atoms with Crippen molar-refractivity contribution < 1.29 is 9.59 Å². The van der Waals surface area contributed by atoms with Gasteiger partial charge in [0.05, 0.1) is 23.3 Å². The van der Waals surface area contributed by atoms with Crippen molar-refractivity contribution in [3.05, 3.63) is 24.3 Å². The number of carbonyl (C=O) groups is 2. The summed E-state index contributed by atoms with van der Waals surface area (Å²) in [6.07, 6.45) is 6.85. The van der Waals surface area contributed by atoms with E-state index in [0.717, 1.165) is 42.0 Å². The van der Waals surface area contributed by atoms with E-state index in [9.17, 15) is 9.59 Å². The van der Waals surface area contributed by atoms with Crippen molar-refractivity contribution in [2.24, 2.45) is 0 Å². The number of fused-ring (bicyclic) bond motifs is 1. The number of amides is 2. The van der Waals surface area contributed by atoms with Crippen molar-refractivity contribution in [3.8, 4) is 0 Å². The molecule has 152 valence electrons. The van der Waals surface area contributed by atoms with Crippen molar-refractivity contribution in [2.75, 3.05) is 19.3 Å². The quantitative estimate of drug-likeness (QED) is 0.462. The largest absolute Gasteiger partial charge is 0.352 e. The second kappa shape index (κ2) is 9.96. The van der Waals surface area contributed by atoms with E-state index in [1.165, 1.54) is 35.9 Å². The number of hydrogen-bond acceptors (Lipinski definition) is 4. The van der Waals surface area contributed by atoms with E-state index >= 15 is 0 Å². The number of unbranched alkanes of at least 4 members (excludes halogenated alkanes) is 3. The summed E-state index contributed by atoms with van der Waals surface area (Å²) >= 11 is 1.46. The molecule has 28 heavy (non-hydrogen) atoms. The lowest BCUT2D eigenvalue weighted by Gasteiger charge is -2.16. The molecule has 1 aliphatic carbocycles. The SMILES string of the molecule is CCCCCCn1c(SCC(=O)N(C)CC(=O)NC2CC2)nc2ccccc21. The van der Waals surface area contributed by atoms with Gasteiger partial charge in [0.25, 0.3) is 0 Å². The van der Waals surface area contributed by atoms with Gasteiger partial charge in [-0.15, -0.1) is 0 Å². The minimum absolute atomic E-state index is 0.0551. The molecule has 0 atom stereocenters. The van der Waals surface area contributed by atoms with Crippen LogP contribution in [0.1, 0.15) is 45.4 Å². The van der Waals surface area contributed by atoms with Crippen LogP contribution in [0.3, 0.4) is 0 Å². The summed E-state index contributed by atoms with van der Waals surface area (Å²) in [5.74, 6) is 0.151. The highest BCUT2D eigenvalue weighted by Crippen LogP contribution is 2.25. The first kappa shape index (κ1) is 20.7. The highest BCUT2D eigenvalue weighted by atomic mass is 32.2. The van der Waals surface area contributed by atoms with Crippen molar-refractivity contribution in [2.45, 2.75) is 63.2 Å². The molecule has 0 radical (unpaired) electrons. The van der Waals surface area contributed by atoms with Gasteiger partial charge < -0.3 is 14.8 Å². The second-order valence-corrected chi connectivity index (χ2v) is 8.42. The zero-order chi connectivity index (χ0) is 19.9. The summed E-state index contributed by atoms with van der Waals surface area (Å²) in [6.45, 7) is 3.24. The van der Waals surface area contributed by atoms with E-state index in [-0.39, 0.29) is 24.1 Å². The number of para-hydroxylation sites is 2. The number of nitrogens with one attached hydrogen (secondary N) is 1. The van der Waals surface area contributed by atoms with Gasteiger partial charge in [0.15, 0.2) is 5.16 Å². The van der Waals surface area contributed by atoms with Crippen LogP contribution in [0.4, 0.5) is 0 Å². The third kappa shape index (κ3) is 5.74. The van der Waals surface area contributed by atoms with Crippen LogP contribution in [-0.2, 0) is 16.1 Å².